The highest BCUT2D eigenvalue weighted by molar-refractivity contribution is 5.93. The molecule has 5 rings (SSSR count). The van der Waals surface area contributed by atoms with Crippen molar-refractivity contribution in [1.29, 1.82) is 0 Å². The Hall–Kier alpha value is -4.22. The van der Waals surface area contributed by atoms with Crippen LogP contribution in [0.5, 0.6) is 17.2 Å². The van der Waals surface area contributed by atoms with Crippen LogP contribution in [0.25, 0.3) is 0 Å². The summed E-state index contributed by atoms with van der Waals surface area (Å²) in [6.07, 6.45) is 3.58. The Kier molecular flexibility index (Phi) is 11.4. The Balaban J connectivity index is 1.20. The first kappa shape index (κ1) is 36.1. The quantitative estimate of drug-likeness (QED) is 0.254. The lowest BCUT2D eigenvalue weighted by molar-refractivity contribution is -0.121. The molecule has 3 atom stereocenters. The van der Waals surface area contributed by atoms with Gasteiger partial charge in [-0.2, -0.15) is 0 Å². The maximum atomic E-state index is 14.7. The summed E-state index contributed by atoms with van der Waals surface area (Å²) in [4.78, 5) is 44.1. The lowest BCUT2D eigenvalue weighted by atomic mass is 10.0. The average molecular weight is 683 g/mol. The largest absolute Gasteiger partial charge is 0.496 e. The van der Waals surface area contributed by atoms with Gasteiger partial charge in [0.1, 0.15) is 17.5 Å². The number of likely N-dealkylation sites (tertiary alicyclic amines) is 1. The molecule has 1 aliphatic carbocycles. The van der Waals surface area contributed by atoms with E-state index in [9.17, 15) is 18.8 Å². The number of methoxy groups -OCH3 is 2. The first-order chi connectivity index (χ1) is 23.3. The van der Waals surface area contributed by atoms with Gasteiger partial charge in [0.25, 0.3) is 0 Å². The van der Waals surface area contributed by atoms with E-state index in [1.807, 2.05) is 42.2 Å². The molecule has 2 aliphatic heterocycles. The number of halogens is 1. The predicted octanol–water partition coefficient (Wildman–Crippen LogP) is 6.11. The summed E-state index contributed by atoms with van der Waals surface area (Å²) in [6, 6.07) is 10.1. The second-order valence-electron chi connectivity index (χ2n) is 14.4. The van der Waals surface area contributed by atoms with E-state index in [1.54, 1.807) is 46.0 Å². The van der Waals surface area contributed by atoms with Crippen LogP contribution >= 0.6 is 0 Å². The zero-order valence-corrected chi connectivity index (χ0v) is 29.6. The minimum atomic E-state index is -1.40. The van der Waals surface area contributed by atoms with E-state index in [0.717, 1.165) is 30.0 Å². The maximum absolute atomic E-state index is 14.7. The molecule has 49 heavy (non-hydrogen) atoms. The number of nitrogens with one attached hydrogen (secondary N) is 1. The third kappa shape index (κ3) is 9.48. The number of benzene rings is 2. The number of carbonyl (C=O) groups excluding carboxylic acids is 3. The van der Waals surface area contributed by atoms with E-state index in [0.29, 0.717) is 42.5 Å². The van der Waals surface area contributed by atoms with E-state index < -0.39 is 23.9 Å². The Morgan fingerprint density at radius 1 is 0.980 bits per heavy atom. The molecular formula is C37H51FN4O7. The average Bonchev–Trinajstić information content (AvgIpc) is 3.81. The summed E-state index contributed by atoms with van der Waals surface area (Å²) in [7, 11) is 3.17. The van der Waals surface area contributed by atoms with Crippen LogP contribution in [0.15, 0.2) is 36.4 Å². The topological polar surface area (TPSA) is 110 Å². The van der Waals surface area contributed by atoms with Crippen molar-refractivity contribution in [2.45, 2.75) is 96.6 Å². The number of nitrogens with zero attached hydrogens (tertiary/aromatic N) is 3. The minimum Gasteiger partial charge on any atom is -0.496 e. The number of rotatable bonds is 13. The summed E-state index contributed by atoms with van der Waals surface area (Å²) in [6.45, 7) is 8.68. The van der Waals surface area contributed by atoms with E-state index in [1.165, 1.54) is 24.2 Å². The standard InChI is InChI=1S/C37H51FN4O7/c1-24-15-16-41(28-13-14-31(46-5)33(20-28)48-17-7-8-25-9-10-25)35(44)42(24)21-27-12-11-26(18-32(27)47-6)19-34(43)39-30-23-40(22-29(30)38)36(45)49-37(2,3)4/h11-14,18,20,24-25,29-30H,7-10,15-17,19,21-23H2,1-6H3,(H,39,43)/t24-,29+,30-/m0/s1. The van der Waals surface area contributed by atoms with E-state index in [-0.39, 0.29) is 37.5 Å². The molecule has 0 bridgehead atoms. The molecule has 268 valence electrons. The third-order valence-corrected chi connectivity index (χ3v) is 9.25. The first-order valence-electron chi connectivity index (χ1n) is 17.3. The molecule has 1 saturated carbocycles. The number of ether oxygens (including phenoxy) is 4. The number of hydrogen-bond acceptors (Lipinski definition) is 7. The van der Waals surface area contributed by atoms with Crippen molar-refractivity contribution in [3.8, 4) is 17.2 Å². The van der Waals surface area contributed by atoms with Crippen LogP contribution in [0.4, 0.5) is 19.7 Å². The van der Waals surface area contributed by atoms with Crippen LogP contribution in [0.2, 0.25) is 0 Å². The van der Waals surface area contributed by atoms with Crippen molar-refractivity contribution in [2.75, 3.05) is 45.4 Å². The smallest absolute Gasteiger partial charge is 0.410 e. The molecule has 2 heterocycles. The highest BCUT2D eigenvalue weighted by Crippen LogP contribution is 2.36. The zero-order valence-electron chi connectivity index (χ0n) is 29.6. The van der Waals surface area contributed by atoms with Gasteiger partial charge < -0.3 is 34.1 Å². The fourth-order valence-corrected chi connectivity index (χ4v) is 6.31. The predicted molar refractivity (Wildman–Crippen MR) is 184 cm³/mol. The van der Waals surface area contributed by atoms with Crippen LogP contribution in [0.3, 0.4) is 0 Å². The minimum absolute atomic E-state index is 0.00157. The van der Waals surface area contributed by atoms with E-state index in [2.05, 4.69) is 5.32 Å². The number of hydrogen-bond donors (Lipinski definition) is 1. The lowest BCUT2D eigenvalue weighted by Crippen LogP contribution is -2.53. The van der Waals surface area contributed by atoms with Crippen molar-refractivity contribution in [3.63, 3.8) is 0 Å². The maximum Gasteiger partial charge on any atom is 0.410 e. The van der Waals surface area contributed by atoms with Gasteiger partial charge in [-0.05, 0) is 76.6 Å². The Morgan fingerprint density at radius 3 is 2.43 bits per heavy atom. The van der Waals surface area contributed by atoms with E-state index in [4.69, 9.17) is 18.9 Å². The highest BCUT2D eigenvalue weighted by Gasteiger charge is 2.38. The van der Waals surface area contributed by atoms with Crippen LogP contribution in [0, 0.1) is 5.92 Å². The summed E-state index contributed by atoms with van der Waals surface area (Å²) in [5, 5.41) is 2.73. The van der Waals surface area contributed by atoms with Gasteiger partial charge in [0, 0.05) is 36.4 Å². The SMILES string of the molecule is COc1cc(CC(=O)N[C@H]2CN(C(=O)OC(C)(C)C)C[C@H]2F)ccc1CN1C(=O)N(c2ccc(OC)c(OCCCC3CC3)c2)CC[C@@H]1C. The number of anilines is 1. The van der Waals surface area contributed by atoms with Gasteiger partial charge in [-0.15, -0.1) is 0 Å². The number of carbonyl (C=O) groups is 3. The fourth-order valence-electron chi connectivity index (χ4n) is 6.31. The summed E-state index contributed by atoms with van der Waals surface area (Å²) in [5.41, 5.74) is 1.53. The normalized spacial score (nSPS) is 21.1. The van der Waals surface area contributed by atoms with Crippen LogP contribution in [-0.4, -0.2) is 92.1 Å². The van der Waals surface area contributed by atoms with Crippen LogP contribution in [-0.2, 0) is 22.5 Å². The molecule has 4 amide bonds. The molecule has 0 aromatic heterocycles. The van der Waals surface area contributed by atoms with Crippen molar-refractivity contribution in [1.82, 2.24) is 15.1 Å². The molecular weight excluding hydrogens is 631 g/mol. The second kappa shape index (κ2) is 15.6. The van der Waals surface area contributed by atoms with Gasteiger partial charge in [0.15, 0.2) is 11.5 Å². The number of alkyl halides is 1. The zero-order chi connectivity index (χ0) is 35.3. The lowest BCUT2D eigenvalue weighted by Gasteiger charge is -2.40. The van der Waals surface area contributed by atoms with Crippen molar-refractivity contribution in [2.24, 2.45) is 5.92 Å². The van der Waals surface area contributed by atoms with Crippen molar-refractivity contribution in [3.05, 3.63) is 47.5 Å². The van der Waals surface area contributed by atoms with Crippen molar-refractivity contribution < 1.29 is 37.7 Å². The van der Waals surface area contributed by atoms with Gasteiger partial charge >= 0.3 is 12.1 Å². The monoisotopic (exact) mass is 682 g/mol. The van der Waals surface area contributed by atoms with Gasteiger partial charge in [-0.25, -0.2) is 14.0 Å². The van der Waals surface area contributed by atoms with Crippen LogP contribution < -0.4 is 24.4 Å². The Bertz CT molecular complexity index is 1490. The highest BCUT2D eigenvalue weighted by atomic mass is 19.1. The molecule has 12 heteroatoms. The second-order valence-corrected chi connectivity index (χ2v) is 14.4. The molecule has 11 nitrogen and oxygen atoms in total. The van der Waals surface area contributed by atoms with Gasteiger partial charge in [-0.1, -0.05) is 25.0 Å². The Labute approximate surface area is 289 Å². The van der Waals surface area contributed by atoms with Gasteiger partial charge in [0.05, 0.1) is 46.4 Å². The summed E-state index contributed by atoms with van der Waals surface area (Å²) < 4.78 is 37.4. The molecule has 0 spiro atoms. The number of amides is 4. The molecule has 0 radical (unpaired) electrons. The fraction of sp³-hybridized carbons (Fsp3) is 0.595. The molecule has 3 fully saturated rings. The molecule has 2 saturated heterocycles. The molecule has 0 unspecified atom stereocenters. The van der Waals surface area contributed by atoms with Crippen LogP contribution in [0.1, 0.15) is 70.9 Å². The molecule has 3 aliphatic rings. The van der Waals surface area contributed by atoms with Gasteiger partial charge in [0.2, 0.25) is 5.91 Å². The van der Waals surface area contributed by atoms with E-state index >= 15 is 0 Å². The van der Waals surface area contributed by atoms with Gasteiger partial charge in [-0.3, -0.25) is 9.69 Å². The molecule has 2 aromatic rings. The van der Waals surface area contributed by atoms with Crippen molar-refractivity contribution >= 4 is 23.7 Å². The Morgan fingerprint density at radius 2 is 1.73 bits per heavy atom. The molecule has 1 N–H and O–H groups in total. The molecule has 2 aromatic carbocycles. The summed E-state index contributed by atoms with van der Waals surface area (Å²) in [5.74, 6) is 2.30. The number of urea groups is 1. The first-order valence-corrected chi connectivity index (χ1v) is 17.3. The summed E-state index contributed by atoms with van der Waals surface area (Å²) >= 11 is 0. The third-order valence-electron chi connectivity index (χ3n) is 9.25.